The molecule has 3 N–H and O–H groups in total. The van der Waals surface area contributed by atoms with Gasteiger partial charge < -0.3 is 15.5 Å². The van der Waals surface area contributed by atoms with Crippen molar-refractivity contribution in [1.29, 1.82) is 0 Å². The topological polar surface area (TPSA) is 86.6 Å². The highest BCUT2D eigenvalue weighted by atomic mass is 16.4. The fraction of sp³-hybridized carbons (Fsp3) is 0.500. The van der Waals surface area contributed by atoms with Gasteiger partial charge in [-0.2, -0.15) is 0 Å². The van der Waals surface area contributed by atoms with Crippen molar-refractivity contribution in [2.24, 2.45) is 11.3 Å². The number of carbonyl (C=O) groups excluding carboxylic acids is 1. The van der Waals surface area contributed by atoms with Crippen molar-refractivity contribution in [3.05, 3.63) is 83.9 Å². The molecule has 1 fully saturated rings. The maximum absolute atomic E-state index is 11.9. The van der Waals surface area contributed by atoms with Gasteiger partial charge in [0.15, 0.2) is 0 Å². The van der Waals surface area contributed by atoms with E-state index in [1.165, 1.54) is 61.6 Å². The molecule has 0 radical (unpaired) electrons. The van der Waals surface area contributed by atoms with Crippen LogP contribution in [0.15, 0.2) is 72.8 Å². The number of aliphatic hydroxyl groups excluding tert-OH is 1. The third-order valence-corrected chi connectivity index (χ3v) is 9.03. The first-order valence-electron chi connectivity index (χ1n) is 15.1. The maximum atomic E-state index is 11.9. The summed E-state index contributed by atoms with van der Waals surface area (Å²) in [6.45, 7) is 4.15. The number of nitrogens with one attached hydrogen (secondary N) is 1. The summed E-state index contributed by atoms with van der Waals surface area (Å²) >= 11 is 0. The predicted octanol–water partition coefficient (Wildman–Crippen LogP) is 8.05. The highest BCUT2D eigenvalue weighted by Gasteiger charge is 2.52. The zero-order valence-corrected chi connectivity index (χ0v) is 23.7. The van der Waals surface area contributed by atoms with E-state index in [1.54, 1.807) is 11.1 Å². The van der Waals surface area contributed by atoms with E-state index in [0.29, 0.717) is 12.3 Å². The van der Waals surface area contributed by atoms with Crippen molar-refractivity contribution in [3.8, 4) is 0 Å². The van der Waals surface area contributed by atoms with Crippen LogP contribution in [0.3, 0.4) is 0 Å². The molecule has 3 unspecified atom stereocenters. The third kappa shape index (κ3) is 7.77. The Morgan fingerprint density at radius 1 is 0.927 bits per heavy atom. The molecule has 2 aliphatic rings. The van der Waals surface area contributed by atoms with E-state index in [9.17, 15) is 9.59 Å². The lowest BCUT2D eigenvalue weighted by Crippen LogP contribution is -2.43. The highest BCUT2D eigenvalue weighted by Crippen LogP contribution is 2.66. The number of rotatable bonds is 16. The van der Waals surface area contributed by atoms with E-state index in [0.717, 1.165) is 32.1 Å². The molecule has 2 aliphatic carbocycles. The number of allylic oxidation sites excluding steroid dienone is 3. The molecule has 1 amide bonds. The SMILES string of the molecule is C.C=C(c1ccccc1)C12CCCC1CC(CCCCCCCCCC(=O)NC(CO)C(=O)O)=C2c1ccccc1. The summed E-state index contributed by atoms with van der Waals surface area (Å²) in [6, 6.07) is 20.6. The van der Waals surface area contributed by atoms with Gasteiger partial charge in [-0.3, -0.25) is 4.79 Å². The molecule has 2 aromatic carbocycles. The van der Waals surface area contributed by atoms with E-state index in [4.69, 9.17) is 16.8 Å². The molecule has 0 bridgehead atoms. The third-order valence-electron chi connectivity index (χ3n) is 9.03. The number of carbonyl (C=O) groups is 2. The van der Waals surface area contributed by atoms with Crippen LogP contribution in [0.4, 0.5) is 0 Å². The van der Waals surface area contributed by atoms with Crippen LogP contribution in [-0.4, -0.2) is 34.7 Å². The van der Waals surface area contributed by atoms with Crippen LogP contribution in [0.5, 0.6) is 0 Å². The van der Waals surface area contributed by atoms with Crippen LogP contribution in [0.1, 0.15) is 102 Å². The van der Waals surface area contributed by atoms with Crippen LogP contribution < -0.4 is 5.32 Å². The van der Waals surface area contributed by atoms with E-state index < -0.39 is 18.6 Å². The van der Waals surface area contributed by atoms with Crippen LogP contribution in [0.25, 0.3) is 11.1 Å². The van der Waals surface area contributed by atoms with Crippen molar-refractivity contribution in [3.63, 3.8) is 0 Å². The van der Waals surface area contributed by atoms with Gasteiger partial charge in [-0.05, 0) is 66.7 Å². The normalized spacial score (nSPS) is 20.3. The second kappa shape index (κ2) is 15.7. The molecule has 2 aromatic rings. The Labute approximate surface area is 246 Å². The Morgan fingerprint density at radius 2 is 1.54 bits per heavy atom. The van der Waals surface area contributed by atoms with Crippen molar-refractivity contribution in [1.82, 2.24) is 5.32 Å². The van der Waals surface area contributed by atoms with Crippen LogP contribution in [-0.2, 0) is 9.59 Å². The number of amides is 1. The number of unbranched alkanes of at least 4 members (excludes halogenated alkanes) is 6. The molecule has 0 spiro atoms. The quantitative estimate of drug-likeness (QED) is 0.182. The fourth-order valence-corrected chi connectivity index (χ4v) is 7.10. The zero-order valence-electron chi connectivity index (χ0n) is 23.7. The predicted molar refractivity (Wildman–Crippen MR) is 168 cm³/mol. The number of hydrogen-bond donors (Lipinski definition) is 3. The lowest BCUT2D eigenvalue weighted by molar-refractivity contribution is -0.142. The number of hydrogen-bond acceptors (Lipinski definition) is 3. The maximum Gasteiger partial charge on any atom is 0.328 e. The molecule has 5 nitrogen and oxygen atoms in total. The number of carboxylic acid groups (broad SMARTS) is 1. The first kappa shape index (κ1) is 32.3. The van der Waals surface area contributed by atoms with E-state index in [-0.39, 0.29) is 18.7 Å². The van der Waals surface area contributed by atoms with Gasteiger partial charge in [-0.25, -0.2) is 4.79 Å². The molecule has 0 saturated heterocycles. The van der Waals surface area contributed by atoms with Crippen molar-refractivity contribution in [2.45, 2.75) is 96.9 Å². The second-order valence-corrected chi connectivity index (χ2v) is 11.6. The first-order chi connectivity index (χ1) is 19.5. The van der Waals surface area contributed by atoms with Gasteiger partial charge in [0.1, 0.15) is 6.04 Å². The monoisotopic (exact) mass is 559 g/mol. The molecule has 0 aliphatic heterocycles. The Morgan fingerprint density at radius 3 is 2.17 bits per heavy atom. The lowest BCUT2D eigenvalue weighted by atomic mass is 9.66. The lowest BCUT2D eigenvalue weighted by Gasteiger charge is -2.36. The standard InChI is InChI=1S/C35H45NO4.CH4/c1-26(27-16-10-7-11-17-27)35-23-15-21-30(35)24-29(33(35)28-18-12-8-13-19-28)20-9-5-3-2-4-6-14-22-32(38)36-31(25-37)34(39)40;/h7-8,10-13,16-19,30-31,37H,1-6,9,14-15,20-25H2,(H,36,38)(H,39,40);1H4. The summed E-state index contributed by atoms with van der Waals surface area (Å²) in [5.41, 5.74) is 7.20. The van der Waals surface area contributed by atoms with Gasteiger partial charge in [0.2, 0.25) is 5.91 Å². The average Bonchev–Trinajstić information content (AvgIpc) is 3.52. The smallest absolute Gasteiger partial charge is 0.328 e. The summed E-state index contributed by atoms with van der Waals surface area (Å²) in [5.74, 6) is -0.872. The van der Waals surface area contributed by atoms with Crippen LogP contribution in [0.2, 0.25) is 0 Å². The molecular formula is C36H49NO4. The van der Waals surface area contributed by atoms with Crippen molar-refractivity contribution in [2.75, 3.05) is 6.61 Å². The van der Waals surface area contributed by atoms with Gasteiger partial charge >= 0.3 is 5.97 Å². The Hall–Kier alpha value is -3.18. The molecular weight excluding hydrogens is 510 g/mol. The fourth-order valence-electron chi connectivity index (χ4n) is 7.10. The number of fused-ring (bicyclic) bond motifs is 1. The molecule has 1 saturated carbocycles. The van der Waals surface area contributed by atoms with E-state index in [1.807, 2.05) is 0 Å². The Balaban J connectivity index is 0.00000462. The Bertz CT molecular complexity index is 1170. The Kier molecular flexibility index (Phi) is 12.4. The minimum atomic E-state index is -1.21. The highest BCUT2D eigenvalue weighted by molar-refractivity contribution is 5.90. The van der Waals surface area contributed by atoms with E-state index in [2.05, 4.69) is 66.0 Å². The van der Waals surface area contributed by atoms with E-state index >= 15 is 0 Å². The molecule has 0 aromatic heterocycles. The number of benzene rings is 2. The zero-order chi connectivity index (χ0) is 28.4. The van der Waals surface area contributed by atoms with Crippen LogP contribution >= 0.6 is 0 Å². The molecule has 222 valence electrons. The molecule has 5 heteroatoms. The average molecular weight is 560 g/mol. The van der Waals surface area contributed by atoms with Crippen molar-refractivity contribution >= 4 is 23.0 Å². The van der Waals surface area contributed by atoms with Gasteiger partial charge in [-0.1, -0.05) is 119 Å². The van der Waals surface area contributed by atoms with Gasteiger partial charge in [0.25, 0.3) is 0 Å². The van der Waals surface area contributed by atoms with Gasteiger partial charge in [0.05, 0.1) is 6.61 Å². The number of aliphatic carboxylic acids is 1. The summed E-state index contributed by atoms with van der Waals surface area (Å²) in [7, 11) is 0. The van der Waals surface area contributed by atoms with Crippen molar-refractivity contribution < 1.29 is 19.8 Å². The molecule has 3 atom stereocenters. The largest absolute Gasteiger partial charge is 0.480 e. The van der Waals surface area contributed by atoms with Gasteiger partial charge in [0, 0.05) is 11.8 Å². The molecule has 4 rings (SSSR count). The van der Waals surface area contributed by atoms with Gasteiger partial charge in [-0.15, -0.1) is 0 Å². The number of carboxylic acids is 1. The molecule has 0 heterocycles. The van der Waals surface area contributed by atoms with Crippen LogP contribution in [0, 0.1) is 11.3 Å². The minimum absolute atomic E-state index is 0. The summed E-state index contributed by atoms with van der Waals surface area (Å²) in [6.07, 6.45) is 13.9. The minimum Gasteiger partial charge on any atom is -0.480 e. The second-order valence-electron chi connectivity index (χ2n) is 11.6. The number of aliphatic hydroxyl groups is 1. The summed E-state index contributed by atoms with van der Waals surface area (Å²) in [4.78, 5) is 22.8. The first-order valence-corrected chi connectivity index (χ1v) is 15.1. The summed E-state index contributed by atoms with van der Waals surface area (Å²) in [5, 5.41) is 20.3. The molecule has 41 heavy (non-hydrogen) atoms. The summed E-state index contributed by atoms with van der Waals surface area (Å²) < 4.78 is 0.